The lowest BCUT2D eigenvalue weighted by Crippen LogP contribution is -2.11. The van der Waals surface area contributed by atoms with Crippen molar-refractivity contribution in [3.05, 3.63) is 53.6 Å². The molecule has 0 radical (unpaired) electrons. The summed E-state index contributed by atoms with van der Waals surface area (Å²) < 4.78 is 5.76. The molecule has 0 atom stereocenters. The molecule has 0 saturated carbocycles. The van der Waals surface area contributed by atoms with Crippen molar-refractivity contribution in [1.82, 2.24) is 10.3 Å². The molecular formula is C17H18N2OS. The number of fused-ring (bicyclic) bond motifs is 1. The SMILES string of the molecule is CCNCc1ccc(Sc2nc3ccccc3o2)c(C)c1. The van der Waals surface area contributed by atoms with Gasteiger partial charge in [0.25, 0.3) is 5.22 Å². The number of benzene rings is 2. The second-order valence-corrected chi connectivity index (χ2v) is 5.92. The van der Waals surface area contributed by atoms with Gasteiger partial charge in [-0.3, -0.25) is 0 Å². The van der Waals surface area contributed by atoms with Gasteiger partial charge in [0.1, 0.15) is 5.52 Å². The van der Waals surface area contributed by atoms with Gasteiger partial charge in [-0.25, -0.2) is 4.98 Å². The lowest BCUT2D eigenvalue weighted by atomic mass is 10.1. The number of para-hydroxylation sites is 2. The second kappa shape index (κ2) is 6.33. The summed E-state index contributed by atoms with van der Waals surface area (Å²) >= 11 is 1.57. The lowest BCUT2D eigenvalue weighted by Gasteiger charge is -2.07. The van der Waals surface area contributed by atoms with Crippen molar-refractivity contribution in [3.8, 4) is 0 Å². The van der Waals surface area contributed by atoms with Gasteiger partial charge in [-0.1, -0.05) is 31.2 Å². The Morgan fingerprint density at radius 3 is 2.81 bits per heavy atom. The van der Waals surface area contributed by atoms with E-state index in [1.54, 1.807) is 11.8 Å². The van der Waals surface area contributed by atoms with E-state index in [-0.39, 0.29) is 0 Å². The summed E-state index contributed by atoms with van der Waals surface area (Å²) in [6, 6.07) is 14.4. The molecule has 2 aromatic carbocycles. The molecule has 21 heavy (non-hydrogen) atoms. The van der Waals surface area contributed by atoms with Gasteiger partial charge in [-0.05, 0) is 54.6 Å². The van der Waals surface area contributed by atoms with E-state index in [1.165, 1.54) is 16.0 Å². The topological polar surface area (TPSA) is 38.1 Å². The predicted octanol–water partition coefficient (Wildman–Crippen LogP) is 4.40. The maximum Gasteiger partial charge on any atom is 0.261 e. The number of aryl methyl sites for hydroxylation is 1. The Bertz CT molecular complexity index is 718. The van der Waals surface area contributed by atoms with Crippen LogP contribution < -0.4 is 5.32 Å². The van der Waals surface area contributed by atoms with E-state index in [0.29, 0.717) is 5.22 Å². The van der Waals surface area contributed by atoms with Crippen LogP contribution in [0.4, 0.5) is 0 Å². The van der Waals surface area contributed by atoms with Gasteiger partial charge in [0.05, 0.1) is 0 Å². The molecule has 4 heteroatoms. The summed E-state index contributed by atoms with van der Waals surface area (Å²) in [5, 5.41) is 4.03. The van der Waals surface area contributed by atoms with Gasteiger partial charge in [0.2, 0.25) is 0 Å². The van der Waals surface area contributed by atoms with Crippen LogP contribution in [0.1, 0.15) is 18.1 Å². The third-order valence-corrected chi connectivity index (χ3v) is 4.32. The molecule has 3 nitrogen and oxygen atoms in total. The third kappa shape index (κ3) is 3.28. The molecule has 1 aromatic heterocycles. The second-order valence-electron chi connectivity index (χ2n) is 4.93. The van der Waals surface area contributed by atoms with Crippen LogP contribution in [-0.2, 0) is 6.54 Å². The minimum Gasteiger partial charge on any atom is -0.431 e. The molecule has 0 aliphatic heterocycles. The summed E-state index contributed by atoms with van der Waals surface area (Å²) in [6.45, 7) is 6.13. The number of hydrogen-bond acceptors (Lipinski definition) is 4. The zero-order chi connectivity index (χ0) is 14.7. The molecule has 1 heterocycles. The molecule has 0 amide bonds. The summed E-state index contributed by atoms with van der Waals surface area (Å²) in [7, 11) is 0. The summed E-state index contributed by atoms with van der Waals surface area (Å²) in [5.74, 6) is 0. The van der Waals surface area contributed by atoms with E-state index in [1.807, 2.05) is 24.3 Å². The average Bonchev–Trinajstić information content (AvgIpc) is 2.90. The van der Waals surface area contributed by atoms with E-state index in [9.17, 15) is 0 Å². The van der Waals surface area contributed by atoms with Crippen LogP contribution in [0.15, 0.2) is 57.0 Å². The van der Waals surface area contributed by atoms with Gasteiger partial charge in [-0.15, -0.1) is 0 Å². The summed E-state index contributed by atoms with van der Waals surface area (Å²) in [4.78, 5) is 5.69. The smallest absolute Gasteiger partial charge is 0.261 e. The molecule has 0 unspecified atom stereocenters. The van der Waals surface area contributed by atoms with E-state index in [0.717, 1.165) is 24.2 Å². The van der Waals surface area contributed by atoms with Crippen molar-refractivity contribution in [1.29, 1.82) is 0 Å². The standard InChI is InChI=1S/C17H18N2OS/c1-3-18-11-13-8-9-16(12(2)10-13)21-17-19-14-6-4-5-7-15(14)20-17/h4-10,18H,3,11H2,1-2H3. The highest BCUT2D eigenvalue weighted by Crippen LogP contribution is 2.32. The largest absolute Gasteiger partial charge is 0.431 e. The van der Waals surface area contributed by atoms with E-state index in [4.69, 9.17) is 4.42 Å². The molecule has 3 aromatic rings. The van der Waals surface area contributed by atoms with Crippen molar-refractivity contribution < 1.29 is 4.42 Å². The van der Waals surface area contributed by atoms with Gasteiger partial charge in [0, 0.05) is 11.4 Å². The Labute approximate surface area is 128 Å². The molecule has 3 rings (SSSR count). The van der Waals surface area contributed by atoms with Gasteiger partial charge in [0.15, 0.2) is 5.58 Å². The quantitative estimate of drug-likeness (QED) is 0.758. The van der Waals surface area contributed by atoms with E-state index < -0.39 is 0 Å². The van der Waals surface area contributed by atoms with Crippen LogP contribution in [0.3, 0.4) is 0 Å². The Kier molecular flexibility index (Phi) is 4.27. The number of aromatic nitrogens is 1. The minimum atomic E-state index is 0.693. The first kappa shape index (κ1) is 14.2. The van der Waals surface area contributed by atoms with Gasteiger partial charge in [-0.2, -0.15) is 0 Å². The monoisotopic (exact) mass is 298 g/mol. The zero-order valence-electron chi connectivity index (χ0n) is 12.2. The Morgan fingerprint density at radius 1 is 1.19 bits per heavy atom. The van der Waals surface area contributed by atoms with Crippen molar-refractivity contribution >= 4 is 22.9 Å². The molecule has 0 fully saturated rings. The van der Waals surface area contributed by atoms with Crippen molar-refractivity contribution in [2.45, 2.75) is 30.5 Å². The Hall–Kier alpha value is -1.78. The van der Waals surface area contributed by atoms with Crippen molar-refractivity contribution in [3.63, 3.8) is 0 Å². The summed E-state index contributed by atoms with van der Waals surface area (Å²) in [5.41, 5.74) is 4.29. The summed E-state index contributed by atoms with van der Waals surface area (Å²) in [6.07, 6.45) is 0. The molecule has 0 saturated heterocycles. The number of nitrogens with one attached hydrogen (secondary N) is 1. The molecule has 0 aliphatic rings. The third-order valence-electron chi connectivity index (χ3n) is 3.29. The fourth-order valence-electron chi connectivity index (χ4n) is 2.19. The molecule has 0 bridgehead atoms. The van der Waals surface area contributed by atoms with E-state index in [2.05, 4.69) is 42.3 Å². The van der Waals surface area contributed by atoms with Crippen LogP contribution in [0.5, 0.6) is 0 Å². The lowest BCUT2D eigenvalue weighted by molar-refractivity contribution is 0.489. The highest BCUT2D eigenvalue weighted by atomic mass is 32.2. The first-order chi connectivity index (χ1) is 10.3. The number of nitrogens with zero attached hydrogens (tertiary/aromatic N) is 1. The molecule has 108 valence electrons. The zero-order valence-corrected chi connectivity index (χ0v) is 13.0. The normalized spacial score (nSPS) is 11.1. The average molecular weight is 298 g/mol. The highest BCUT2D eigenvalue weighted by molar-refractivity contribution is 7.99. The van der Waals surface area contributed by atoms with Crippen LogP contribution in [0.2, 0.25) is 0 Å². The van der Waals surface area contributed by atoms with Crippen LogP contribution in [-0.4, -0.2) is 11.5 Å². The van der Waals surface area contributed by atoms with Crippen LogP contribution in [0.25, 0.3) is 11.1 Å². The van der Waals surface area contributed by atoms with Crippen molar-refractivity contribution in [2.24, 2.45) is 0 Å². The predicted molar refractivity (Wildman–Crippen MR) is 86.7 cm³/mol. The van der Waals surface area contributed by atoms with Crippen molar-refractivity contribution in [2.75, 3.05) is 6.54 Å². The minimum absolute atomic E-state index is 0.693. The Morgan fingerprint density at radius 2 is 2.05 bits per heavy atom. The molecular weight excluding hydrogens is 280 g/mol. The number of oxazole rings is 1. The molecule has 0 aliphatic carbocycles. The fraction of sp³-hybridized carbons (Fsp3) is 0.235. The Balaban J connectivity index is 1.80. The fourth-order valence-corrected chi connectivity index (χ4v) is 3.01. The highest BCUT2D eigenvalue weighted by Gasteiger charge is 2.09. The first-order valence-corrected chi connectivity index (χ1v) is 7.91. The van der Waals surface area contributed by atoms with Crippen LogP contribution >= 0.6 is 11.8 Å². The van der Waals surface area contributed by atoms with E-state index >= 15 is 0 Å². The van der Waals surface area contributed by atoms with Crippen LogP contribution in [0, 0.1) is 6.92 Å². The maximum absolute atomic E-state index is 5.76. The van der Waals surface area contributed by atoms with Gasteiger partial charge >= 0.3 is 0 Å². The first-order valence-electron chi connectivity index (χ1n) is 7.10. The number of rotatable bonds is 5. The molecule has 0 spiro atoms. The molecule has 1 N–H and O–H groups in total. The van der Waals surface area contributed by atoms with Gasteiger partial charge < -0.3 is 9.73 Å². The number of hydrogen-bond donors (Lipinski definition) is 1. The maximum atomic E-state index is 5.76.